The molecule has 1 aliphatic carbocycles. The van der Waals surface area contributed by atoms with Crippen LogP contribution in [0.2, 0.25) is 0 Å². The number of amides is 2. The Hall–Kier alpha value is -3.54. The fraction of sp³-hybridized carbons (Fsp3) is 0.333. The number of anilines is 2. The lowest BCUT2D eigenvalue weighted by Crippen LogP contribution is -2.20. The number of aromatic nitrogens is 1. The number of para-hydroxylation sites is 1. The highest BCUT2D eigenvalue weighted by Gasteiger charge is 2.20. The van der Waals surface area contributed by atoms with E-state index in [1.165, 1.54) is 12.8 Å². The summed E-state index contributed by atoms with van der Waals surface area (Å²) >= 11 is 0. The third-order valence-electron chi connectivity index (χ3n) is 5.62. The Kier molecular flexibility index (Phi) is 6.82. The van der Waals surface area contributed by atoms with Gasteiger partial charge in [0, 0.05) is 23.5 Å². The van der Waals surface area contributed by atoms with Crippen LogP contribution in [-0.4, -0.2) is 17.1 Å². The largest absolute Gasteiger partial charge is 0.490 e. The van der Waals surface area contributed by atoms with E-state index in [1.807, 2.05) is 48.5 Å². The van der Waals surface area contributed by atoms with Gasteiger partial charge in [0.05, 0.1) is 6.10 Å². The van der Waals surface area contributed by atoms with Crippen LogP contribution in [0.4, 0.5) is 16.2 Å². The molecule has 6 heteroatoms. The third-order valence-corrected chi connectivity index (χ3v) is 5.62. The monoisotopic (exact) mass is 445 g/mol. The number of hydrogen-bond donors (Lipinski definition) is 2. The second kappa shape index (κ2) is 9.94. The van der Waals surface area contributed by atoms with E-state index in [-0.39, 0.29) is 17.6 Å². The van der Waals surface area contributed by atoms with Crippen molar-refractivity contribution in [3.8, 4) is 17.4 Å². The number of benzene rings is 2. The molecule has 0 aliphatic heterocycles. The highest BCUT2D eigenvalue weighted by atomic mass is 16.5. The summed E-state index contributed by atoms with van der Waals surface area (Å²) in [5, 5.41) is 5.72. The first-order valence-corrected chi connectivity index (χ1v) is 11.5. The Bertz CT molecular complexity index is 1100. The molecular formula is C27H31N3O3. The maximum Gasteiger partial charge on any atom is 0.323 e. The SMILES string of the molecule is CC(C)(C)c1ccccc1Oc1ncccc1NC(=O)Nc1cccc(OC2CCCC2)c1. The van der Waals surface area contributed by atoms with Crippen LogP contribution < -0.4 is 20.1 Å². The van der Waals surface area contributed by atoms with E-state index in [1.54, 1.807) is 18.3 Å². The van der Waals surface area contributed by atoms with E-state index in [4.69, 9.17) is 9.47 Å². The number of urea groups is 1. The van der Waals surface area contributed by atoms with E-state index in [0.717, 1.165) is 24.2 Å². The van der Waals surface area contributed by atoms with Crippen LogP contribution in [0.5, 0.6) is 17.4 Å². The molecule has 0 spiro atoms. The molecular weight excluding hydrogens is 414 g/mol. The summed E-state index contributed by atoms with van der Waals surface area (Å²) in [6.45, 7) is 6.39. The topological polar surface area (TPSA) is 72.5 Å². The fourth-order valence-electron chi connectivity index (χ4n) is 3.98. The maximum atomic E-state index is 12.7. The summed E-state index contributed by atoms with van der Waals surface area (Å²) in [6, 6.07) is 18.5. The number of carbonyl (C=O) groups is 1. The van der Waals surface area contributed by atoms with Crippen LogP contribution in [0.15, 0.2) is 66.9 Å². The van der Waals surface area contributed by atoms with Crippen molar-refractivity contribution in [3.05, 3.63) is 72.4 Å². The van der Waals surface area contributed by atoms with Gasteiger partial charge in [0.2, 0.25) is 5.88 Å². The molecule has 1 heterocycles. The molecule has 33 heavy (non-hydrogen) atoms. The molecule has 2 N–H and O–H groups in total. The van der Waals surface area contributed by atoms with Gasteiger partial charge in [-0.25, -0.2) is 9.78 Å². The number of nitrogens with one attached hydrogen (secondary N) is 2. The number of ether oxygens (including phenoxy) is 2. The lowest BCUT2D eigenvalue weighted by Gasteiger charge is -2.22. The second-order valence-corrected chi connectivity index (χ2v) is 9.34. The fourth-order valence-corrected chi connectivity index (χ4v) is 3.98. The minimum absolute atomic E-state index is 0.0953. The van der Waals surface area contributed by atoms with Crippen molar-refractivity contribution in [1.29, 1.82) is 0 Å². The molecule has 4 rings (SSSR count). The van der Waals surface area contributed by atoms with E-state index in [2.05, 4.69) is 36.4 Å². The van der Waals surface area contributed by atoms with Gasteiger partial charge >= 0.3 is 6.03 Å². The van der Waals surface area contributed by atoms with E-state index in [9.17, 15) is 4.79 Å². The van der Waals surface area contributed by atoms with E-state index >= 15 is 0 Å². The zero-order chi connectivity index (χ0) is 23.3. The summed E-state index contributed by atoms with van der Waals surface area (Å²) in [6.07, 6.45) is 6.49. The van der Waals surface area contributed by atoms with Crippen molar-refractivity contribution in [2.45, 2.75) is 58.0 Å². The van der Waals surface area contributed by atoms with Gasteiger partial charge in [-0.2, -0.15) is 0 Å². The first-order chi connectivity index (χ1) is 15.9. The third kappa shape index (κ3) is 6.04. The Labute approximate surface area is 195 Å². The average molecular weight is 446 g/mol. The molecule has 6 nitrogen and oxygen atoms in total. The first kappa shape index (κ1) is 22.6. The highest BCUT2D eigenvalue weighted by molar-refractivity contribution is 6.00. The Balaban J connectivity index is 1.45. The molecule has 0 bridgehead atoms. The molecule has 1 aliphatic rings. The summed E-state index contributed by atoms with van der Waals surface area (Å²) < 4.78 is 12.2. The van der Waals surface area contributed by atoms with Gasteiger partial charge in [0.1, 0.15) is 17.2 Å². The maximum absolute atomic E-state index is 12.7. The molecule has 0 radical (unpaired) electrons. The standard InChI is InChI=1S/C27H31N3O3/c1-27(2,3)22-14-6-7-16-24(22)33-25-23(15-9-17-28-25)30-26(31)29-19-10-8-13-21(18-19)32-20-11-4-5-12-20/h6-10,13-18,20H,4-5,11-12H2,1-3H3,(H2,29,30,31). The van der Waals surface area contributed by atoms with Crippen LogP contribution in [0.1, 0.15) is 52.0 Å². The Morgan fingerprint density at radius 3 is 2.55 bits per heavy atom. The lowest BCUT2D eigenvalue weighted by atomic mass is 9.86. The van der Waals surface area contributed by atoms with Gasteiger partial charge in [-0.3, -0.25) is 0 Å². The molecule has 0 atom stereocenters. The zero-order valence-corrected chi connectivity index (χ0v) is 19.4. The van der Waals surface area contributed by atoms with Gasteiger partial charge < -0.3 is 20.1 Å². The van der Waals surface area contributed by atoms with Crippen LogP contribution >= 0.6 is 0 Å². The summed E-state index contributed by atoms with van der Waals surface area (Å²) in [7, 11) is 0. The number of pyridine rings is 1. The van der Waals surface area contributed by atoms with Gasteiger partial charge in [-0.15, -0.1) is 0 Å². The number of rotatable bonds is 6. The van der Waals surface area contributed by atoms with Crippen molar-refractivity contribution >= 4 is 17.4 Å². The predicted molar refractivity (Wildman–Crippen MR) is 131 cm³/mol. The van der Waals surface area contributed by atoms with Crippen LogP contribution in [0.3, 0.4) is 0 Å². The van der Waals surface area contributed by atoms with Crippen molar-refractivity contribution in [2.24, 2.45) is 0 Å². The lowest BCUT2D eigenvalue weighted by molar-refractivity contribution is 0.210. The summed E-state index contributed by atoms with van der Waals surface area (Å²) in [5.74, 6) is 1.82. The summed E-state index contributed by atoms with van der Waals surface area (Å²) in [5.41, 5.74) is 2.11. The average Bonchev–Trinajstić information content (AvgIpc) is 3.28. The van der Waals surface area contributed by atoms with Crippen molar-refractivity contribution in [2.75, 3.05) is 10.6 Å². The second-order valence-electron chi connectivity index (χ2n) is 9.34. The summed E-state index contributed by atoms with van der Waals surface area (Å²) in [4.78, 5) is 17.1. The Morgan fingerprint density at radius 1 is 0.970 bits per heavy atom. The minimum atomic E-state index is -0.380. The van der Waals surface area contributed by atoms with Crippen molar-refractivity contribution in [3.63, 3.8) is 0 Å². The first-order valence-electron chi connectivity index (χ1n) is 11.5. The number of nitrogens with zero attached hydrogens (tertiary/aromatic N) is 1. The van der Waals surface area contributed by atoms with E-state index < -0.39 is 0 Å². The van der Waals surface area contributed by atoms with Gasteiger partial charge in [-0.05, 0) is 61.4 Å². The quantitative estimate of drug-likeness (QED) is 0.423. The normalized spacial score (nSPS) is 14.0. The minimum Gasteiger partial charge on any atom is -0.490 e. The van der Waals surface area contributed by atoms with Crippen LogP contribution in [0.25, 0.3) is 0 Å². The van der Waals surface area contributed by atoms with Crippen molar-refractivity contribution < 1.29 is 14.3 Å². The molecule has 0 unspecified atom stereocenters. The zero-order valence-electron chi connectivity index (χ0n) is 19.4. The molecule has 0 saturated heterocycles. The number of hydrogen-bond acceptors (Lipinski definition) is 4. The van der Waals surface area contributed by atoms with Gasteiger partial charge in [0.25, 0.3) is 0 Å². The molecule has 1 aromatic heterocycles. The highest BCUT2D eigenvalue weighted by Crippen LogP contribution is 2.35. The van der Waals surface area contributed by atoms with Gasteiger partial charge in [0.15, 0.2) is 0 Å². The molecule has 3 aromatic rings. The molecule has 172 valence electrons. The number of carbonyl (C=O) groups excluding carboxylic acids is 1. The molecule has 2 aromatic carbocycles. The molecule has 1 fully saturated rings. The van der Waals surface area contributed by atoms with E-state index in [0.29, 0.717) is 23.0 Å². The van der Waals surface area contributed by atoms with Crippen LogP contribution in [-0.2, 0) is 5.41 Å². The smallest absolute Gasteiger partial charge is 0.323 e. The molecule has 2 amide bonds. The van der Waals surface area contributed by atoms with Crippen molar-refractivity contribution in [1.82, 2.24) is 4.98 Å². The Morgan fingerprint density at radius 2 is 1.76 bits per heavy atom. The van der Waals surface area contributed by atoms with Gasteiger partial charge in [-0.1, -0.05) is 45.0 Å². The predicted octanol–water partition coefficient (Wildman–Crippen LogP) is 7.14. The molecule has 1 saturated carbocycles. The van der Waals surface area contributed by atoms with Crippen LogP contribution in [0, 0.1) is 0 Å².